The summed E-state index contributed by atoms with van der Waals surface area (Å²) in [5, 5.41) is 3.27. The molecule has 0 fully saturated rings. The Morgan fingerprint density at radius 1 is 1.73 bits per heavy atom. The van der Waals surface area contributed by atoms with Gasteiger partial charge in [0.2, 0.25) is 0 Å². The third-order valence-corrected chi connectivity index (χ3v) is 2.66. The second kappa shape index (κ2) is 5.62. The molecule has 3 nitrogen and oxygen atoms in total. The number of pyridine rings is 1. The maximum Gasteiger partial charge on any atom is 0.140 e. The molecule has 15 heavy (non-hydrogen) atoms. The van der Waals surface area contributed by atoms with E-state index >= 15 is 0 Å². The fraction of sp³-hybridized carbons (Fsp3) is 0.364. The minimum atomic E-state index is 0.252. The van der Waals surface area contributed by atoms with Crippen molar-refractivity contribution in [2.75, 3.05) is 11.1 Å². The number of hydrogen-bond donors (Lipinski definition) is 2. The molecule has 1 rings (SSSR count). The zero-order chi connectivity index (χ0) is 11.3. The predicted octanol–water partition coefficient (Wildman–Crippen LogP) is 2.64. The van der Waals surface area contributed by atoms with Gasteiger partial charge in [0, 0.05) is 12.5 Å². The zero-order valence-electron chi connectivity index (χ0n) is 8.63. The third-order valence-electron chi connectivity index (χ3n) is 2.06. The van der Waals surface area contributed by atoms with E-state index in [1.165, 1.54) is 0 Å². The Morgan fingerprint density at radius 3 is 3.00 bits per heavy atom. The Morgan fingerprint density at radius 2 is 2.47 bits per heavy atom. The van der Waals surface area contributed by atoms with Crippen LogP contribution < -0.4 is 11.1 Å². The minimum Gasteiger partial charge on any atom is -0.397 e. The summed E-state index contributed by atoms with van der Waals surface area (Å²) in [4.78, 5) is 4.20. The van der Waals surface area contributed by atoms with Crippen LogP contribution in [0.1, 0.15) is 19.8 Å². The Kier molecular flexibility index (Phi) is 4.44. The molecule has 3 N–H and O–H groups in total. The molecule has 1 aromatic heterocycles. The van der Waals surface area contributed by atoms with Gasteiger partial charge in [-0.2, -0.15) is 0 Å². The number of rotatable bonds is 4. The summed E-state index contributed by atoms with van der Waals surface area (Å²) >= 11 is 3.40. The topological polar surface area (TPSA) is 50.9 Å². The Bertz CT molecular complexity index is 371. The molecule has 1 atom stereocenters. The maximum atomic E-state index is 5.60. The number of nitrogens with one attached hydrogen (secondary N) is 1. The van der Waals surface area contributed by atoms with Gasteiger partial charge in [-0.1, -0.05) is 6.92 Å². The normalized spacial score (nSPS) is 11.8. The van der Waals surface area contributed by atoms with Gasteiger partial charge >= 0.3 is 0 Å². The van der Waals surface area contributed by atoms with Crippen LogP contribution in [0.25, 0.3) is 0 Å². The van der Waals surface area contributed by atoms with Crippen molar-refractivity contribution in [1.82, 2.24) is 4.98 Å². The maximum absolute atomic E-state index is 5.60. The number of nitrogen functional groups attached to an aromatic ring is 1. The van der Waals surface area contributed by atoms with Gasteiger partial charge in [-0.15, -0.1) is 12.3 Å². The monoisotopic (exact) mass is 267 g/mol. The Hall–Kier alpha value is -1.21. The fourth-order valence-corrected chi connectivity index (χ4v) is 1.67. The second-order valence-electron chi connectivity index (χ2n) is 3.26. The molecule has 0 radical (unpaired) electrons. The predicted molar refractivity (Wildman–Crippen MR) is 67.5 cm³/mol. The highest BCUT2D eigenvalue weighted by atomic mass is 79.9. The SMILES string of the molecule is C#CCC(CC)Nc1ncc(N)cc1Br. The molecule has 0 amide bonds. The summed E-state index contributed by atoms with van der Waals surface area (Å²) in [5.74, 6) is 3.42. The van der Waals surface area contributed by atoms with Gasteiger partial charge in [0.1, 0.15) is 5.82 Å². The van der Waals surface area contributed by atoms with E-state index in [2.05, 4.69) is 39.1 Å². The first-order valence-electron chi connectivity index (χ1n) is 4.78. The smallest absolute Gasteiger partial charge is 0.140 e. The number of nitrogens with zero attached hydrogens (tertiary/aromatic N) is 1. The van der Waals surface area contributed by atoms with Gasteiger partial charge in [0.15, 0.2) is 0 Å². The highest BCUT2D eigenvalue weighted by Crippen LogP contribution is 2.23. The molecule has 0 aliphatic heterocycles. The summed E-state index contributed by atoms with van der Waals surface area (Å²) in [6, 6.07) is 2.07. The first-order chi connectivity index (χ1) is 7.17. The lowest BCUT2D eigenvalue weighted by atomic mass is 10.1. The van der Waals surface area contributed by atoms with Gasteiger partial charge in [-0.25, -0.2) is 4.98 Å². The zero-order valence-corrected chi connectivity index (χ0v) is 10.2. The van der Waals surface area contributed by atoms with Crippen molar-refractivity contribution < 1.29 is 0 Å². The molecule has 0 aliphatic carbocycles. The van der Waals surface area contributed by atoms with Crippen LogP contribution in [0.2, 0.25) is 0 Å². The molecule has 0 aromatic carbocycles. The lowest BCUT2D eigenvalue weighted by Crippen LogP contribution is -2.18. The number of anilines is 2. The number of aromatic nitrogens is 1. The average molecular weight is 268 g/mol. The summed E-state index contributed by atoms with van der Waals surface area (Å²) < 4.78 is 0.859. The van der Waals surface area contributed by atoms with Gasteiger partial charge in [-0.3, -0.25) is 0 Å². The van der Waals surface area contributed by atoms with E-state index in [4.69, 9.17) is 12.2 Å². The lowest BCUT2D eigenvalue weighted by Gasteiger charge is -2.15. The average Bonchev–Trinajstić information content (AvgIpc) is 2.21. The van der Waals surface area contributed by atoms with E-state index in [1.807, 2.05) is 6.07 Å². The van der Waals surface area contributed by atoms with Crippen molar-refractivity contribution in [2.45, 2.75) is 25.8 Å². The largest absolute Gasteiger partial charge is 0.397 e. The molecule has 0 saturated heterocycles. The van der Waals surface area contributed by atoms with Gasteiger partial charge < -0.3 is 11.1 Å². The first kappa shape index (κ1) is 11.9. The molecule has 1 aromatic rings. The number of halogens is 1. The summed E-state index contributed by atoms with van der Waals surface area (Å²) in [6.07, 6.45) is 8.55. The van der Waals surface area contributed by atoms with E-state index in [1.54, 1.807) is 6.20 Å². The number of hydrogen-bond acceptors (Lipinski definition) is 3. The summed E-state index contributed by atoms with van der Waals surface area (Å²) in [6.45, 7) is 2.08. The van der Waals surface area contributed by atoms with E-state index < -0.39 is 0 Å². The highest BCUT2D eigenvalue weighted by Gasteiger charge is 2.08. The molecular formula is C11H14BrN3. The molecule has 0 spiro atoms. The summed E-state index contributed by atoms with van der Waals surface area (Å²) in [7, 11) is 0. The fourth-order valence-electron chi connectivity index (χ4n) is 1.19. The Labute approximate surface area is 98.6 Å². The third kappa shape index (κ3) is 3.45. The van der Waals surface area contributed by atoms with E-state index in [9.17, 15) is 0 Å². The first-order valence-corrected chi connectivity index (χ1v) is 5.57. The van der Waals surface area contributed by atoms with Crippen LogP contribution in [0, 0.1) is 12.3 Å². The van der Waals surface area contributed by atoms with Crippen LogP contribution in [-0.4, -0.2) is 11.0 Å². The number of nitrogens with two attached hydrogens (primary N) is 1. The molecule has 0 bridgehead atoms. The summed E-state index contributed by atoms with van der Waals surface area (Å²) in [5.41, 5.74) is 6.23. The van der Waals surface area contributed by atoms with Crippen molar-refractivity contribution in [3.63, 3.8) is 0 Å². The molecular weight excluding hydrogens is 254 g/mol. The van der Waals surface area contributed by atoms with Crippen LogP contribution in [0.4, 0.5) is 11.5 Å². The van der Waals surface area contributed by atoms with E-state index in [-0.39, 0.29) is 6.04 Å². The van der Waals surface area contributed by atoms with Crippen molar-refractivity contribution >= 4 is 27.4 Å². The van der Waals surface area contributed by atoms with E-state index in [0.29, 0.717) is 12.1 Å². The molecule has 80 valence electrons. The van der Waals surface area contributed by atoms with Crippen LogP contribution in [-0.2, 0) is 0 Å². The van der Waals surface area contributed by atoms with Crippen molar-refractivity contribution in [1.29, 1.82) is 0 Å². The molecule has 1 heterocycles. The van der Waals surface area contributed by atoms with E-state index in [0.717, 1.165) is 16.7 Å². The number of terminal acetylenes is 1. The molecule has 0 aliphatic rings. The Balaban J connectivity index is 2.75. The molecule has 4 heteroatoms. The van der Waals surface area contributed by atoms with Gasteiger partial charge in [-0.05, 0) is 28.4 Å². The standard InChI is InChI=1S/C11H14BrN3/c1-3-5-9(4-2)15-11-10(12)6-8(13)7-14-11/h1,6-7,9H,4-5,13H2,2H3,(H,14,15). The molecule has 0 saturated carbocycles. The van der Waals surface area contributed by atoms with Crippen LogP contribution >= 0.6 is 15.9 Å². The highest BCUT2D eigenvalue weighted by molar-refractivity contribution is 9.10. The lowest BCUT2D eigenvalue weighted by molar-refractivity contribution is 0.711. The second-order valence-corrected chi connectivity index (χ2v) is 4.11. The van der Waals surface area contributed by atoms with Gasteiger partial charge in [0.05, 0.1) is 16.4 Å². The van der Waals surface area contributed by atoms with Crippen molar-refractivity contribution in [3.05, 3.63) is 16.7 Å². The molecule has 1 unspecified atom stereocenters. The van der Waals surface area contributed by atoms with Crippen LogP contribution in [0.5, 0.6) is 0 Å². The van der Waals surface area contributed by atoms with Crippen LogP contribution in [0.3, 0.4) is 0 Å². The van der Waals surface area contributed by atoms with Gasteiger partial charge in [0.25, 0.3) is 0 Å². The minimum absolute atomic E-state index is 0.252. The van der Waals surface area contributed by atoms with Crippen molar-refractivity contribution in [2.24, 2.45) is 0 Å². The quantitative estimate of drug-likeness (QED) is 0.825. The van der Waals surface area contributed by atoms with Crippen LogP contribution in [0.15, 0.2) is 16.7 Å². The van der Waals surface area contributed by atoms with Crippen molar-refractivity contribution in [3.8, 4) is 12.3 Å².